The number of hydrogen-bond acceptors (Lipinski definition) is 4. The first kappa shape index (κ1) is 37.9. The maximum Gasteiger partial charge on any atom is 0.243 e. The molecule has 1 aliphatic carbocycles. The van der Waals surface area contributed by atoms with E-state index in [0.29, 0.717) is 24.8 Å². The highest BCUT2D eigenvalue weighted by molar-refractivity contribution is 5.78. The monoisotopic (exact) mass is 656 g/mol. The first-order valence-corrected chi connectivity index (χ1v) is 18.6. The van der Waals surface area contributed by atoms with Crippen LogP contribution in [0.1, 0.15) is 147 Å². The Morgan fingerprint density at radius 1 is 0.872 bits per heavy atom. The highest BCUT2D eigenvalue weighted by Crippen LogP contribution is 2.57. The molecular formula is C39H71N6O2+. The number of nitrogens with two attached hydrogens (primary N) is 1. The Labute approximate surface area is 287 Å². The summed E-state index contributed by atoms with van der Waals surface area (Å²) in [6.07, 6.45) is 14.5. The summed E-state index contributed by atoms with van der Waals surface area (Å²) < 4.78 is 4.47. The van der Waals surface area contributed by atoms with Gasteiger partial charge in [0.2, 0.25) is 18.1 Å². The molecule has 1 saturated carbocycles. The van der Waals surface area contributed by atoms with E-state index in [9.17, 15) is 9.59 Å². The smallest absolute Gasteiger partial charge is 0.243 e. The lowest BCUT2D eigenvalue weighted by Crippen LogP contribution is -2.65. The van der Waals surface area contributed by atoms with E-state index in [1.54, 1.807) is 0 Å². The van der Waals surface area contributed by atoms with Gasteiger partial charge >= 0.3 is 0 Å². The van der Waals surface area contributed by atoms with Crippen LogP contribution in [0.25, 0.3) is 0 Å². The molecule has 2 amide bonds. The van der Waals surface area contributed by atoms with Gasteiger partial charge in [-0.05, 0) is 83.5 Å². The van der Waals surface area contributed by atoms with Gasteiger partial charge in [0.1, 0.15) is 18.4 Å². The largest absolute Gasteiger partial charge is 0.339 e. The molecule has 3 heterocycles. The predicted molar refractivity (Wildman–Crippen MR) is 192 cm³/mol. The minimum atomic E-state index is -0.365. The third-order valence-corrected chi connectivity index (χ3v) is 12.7. The van der Waals surface area contributed by atoms with E-state index < -0.39 is 0 Å². The van der Waals surface area contributed by atoms with Gasteiger partial charge in [-0.2, -0.15) is 0 Å². The summed E-state index contributed by atoms with van der Waals surface area (Å²) in [4.78, 5) is 31.6. The average Bonchev–Trinajstić information content (AvgIpc) is 3.17. The molecule has 47 heavy (non-hydrogen) atoms. The van der Waals surface area contributed by atoms with Gasteiger partial charge in [-0.1, -0.05) is 54.9 Å². The van der Waals surface area contributed by atoms with Crippen LogP contribution in [-0.4, -0.2) is 68.0 Å². The van der Waals surface area contributed by atoms with Gasteiger partial charge in [-0.15, -0.1) is 0 Å². The summed E-state index contributed by atoms with van der Waals surface area (Å²) in [5.41, 5.74) is 5.61. The first-order chi connectivity index (χ1) is 21.4. The van der Waals surface area contributed by atoms with Gasteiger partial charge in [0, 0.05) is 66.5 Å². The summed E-state index contributed by atoms with van der Waals surface area (Å²) in [6, 6.07) is 0.351. The molecule has 0 radical (unpaired) electrons. The number of imidazole rings is 1. The number of rotatable bonds is 13. The molecule has 2 saturated heterocycles. The molecule has 8 heteroatoms. The zero-order chi connectivity index (χ0) is 35.4. The summed E-state index contributed by atoms with van der Waals surface area (Å²) in [6.45, 7) is 29.5. The average molecular weight is 656 g/mol. The van der Waals surface area contributed by atoms with E-state index >= 15 is 0 Å². The van der Waals surface area contributed by atoms with Crippen LogP contribution in [0.5, 0.6) is 0 Å². The van der Waals surface area contributed by atoms with Crippen molar-refractivity contribution in [3.63, 3.8) is 0 Å². The van der Waals surface area contributed by atoms with Crippen molar-refractivity contribution < 1.29 is 14.2 Å². The second-order valence-corrected chi connectivity index (χ2v) is 19.5. The Hall–Kier alpha value is -1.93. The maximum atomic E-state index is 13.6. The first-order valence-electron chi connectivity index (χ1n) is 18.6. The predicted octanol–water partition coefficient (Wildman–Crippen LogP) is 6.38. The zero-order valence-corrected chi connectivity index (χ0v) is 32.5. The van der Waals surface area contributed by atoms with Gasteiger partial charge in [0.15, 0.2) is 0 Å². The van der Waals surface area contributed by atoms with Crippen LogP contribution >= 0.6 is 0 Å². The highest BCUT2D eigenvalue weighted by atomic mass is 16.2. The Bertz CT molecular complexity index is 1270. The minimum Gasteiger partial charge on any atom is -0.339 e. The van der Waals surface area contributed by atoms with E-state index in [2.05, 4.69) is 133 Å². The van der Waals surface area contributed by atoms with Gasteiger partial charge in [0.05, 0.1) is 7.05 Å². The Morgan fingerprint density at radius 2 is 1.45 bits per heavy atom. The molecule has 268 valence electrons. The van der Waals surface area contributed by atoms with Crippen molar-refractivity contribution in [1.29, 1.82) is 0 Å². The minimum absolute atomic E-state index is 0.00698. The number of carbonyl (C=O) groups excluding carboxylic acids is 2. The van der Waals surface area contributed by atoms with Crippen LogP contribution in [0.15, 0.2) is 18.7 Å². The third kappa shape index (κ3) is 8.28. The number of likely N-dealkylation sites (tertiary alicyclic amines) is 2. The normalized spacial score (nSPS) is 25.6. The van der Waals surface area contributed by atoms with Crippen LogP contribution in [0, 0.1) is 22.2 Å². The number of hydrogen-bond donors (Lipinski definition) is 2. The fraction of sp³-hybridized carbons (Fsp3) is 0.872. The van der Waals surface area contributed by atoms with E-state index in [1.165, 1.54) is 0 Å². The SMILES string of the molecule is C[n+]1ccn(C(CC(C)(C)NC(C)(C)C(CC(C)(C)C(C)(C)C(C2CC2(C)N)N2CCCCCC2=O)N2CCCC2=O)C(C)(C)C)c1. The molecule has 5 atom stereocenters. The van der Waals surface area contributed by atoms with E-state index in [0.717, 1.165) is 58.0 Å². The molecule has 3 aliphatic rings. The molecule has 1 aromatic heterocycles. The van der Waals surface area contributed by atoms with Crippen LogP contribution in [0.2, 0.25) is 0 Å². The number of nitrogens with one attached hydrogen (secondary N) is 1. The number of aromatic nitrogens is 2. The molecule has 3 N–H and O–H groups in total. The highest BCUT2D eigenvalue weighted by Gasteiger charge is 2.61. The summed E-state index contributed by atoms with van der Waals surface area (Å²) in [5.74, 6) is 0.832. The molecule has 0 bridgehead atoms. The van der Waals surface area contributed by atoms with Crippen molar-refractivity contribution in [3.05, 3.63) is 18.7 Å². The van der Waals surface area contributed by atoms with Crippen LogP contribution in [0.3, 0.4) is 0 Å². The second kappa shape index (κ2) is 13.1. The van der Waals surface area contributed by atoms with E-state index in [-0.39, 0.29) is 56.8 Å². The molecule has 5 unspecified atom stereocenters. The standard InChI is InChI=1S/C39H71N6O2/c1-34(2,3)29(43-23-22-42(13)27-43)26-36(6,7)41-38(10,11)30(44-21-17-19-31(44)46)25-35(4,5)37(8,9)33(28-24-39(28,12)40)45-20-16-14-15-18-32(45)47/h22-23,27-30,33,41H,14-21,24-26,40H2,1-13H3/q+1. The topological polar surface area (TPSA) is 87.5 Å². The molecule has 3 fully saturated rings. The number of nitrogens with zero attached hydrogens (tertiary/aromatic N) is 4. The second-order valence-electron chi connectivity index (χ2n) is 19.5. The number of carbonyl (C=O) groups is 2. The number of amides is 2. The fourth-order valence-electron chi connectivity index (χ4n) is 9.20. The van der Waals surface area contributed by atoms with Crippen LogP contribution in [0.4, 0.5) is 0 Å². The quantitative estimate of drug-likeness (QED) is 0.242. The molecule has 0 spiro atoms. The molecular weight excluding hydrogens is 584 g/mol. The van der Waals surface area contributed by atoms with Crippen molar-refractivity contribution in [2.24, 2.45) is 34.9 Å². The molecule has 0 aromatic carbocycles. The molecule has 8 nitrogen and oxygen atoms in total. The third-order valence-electron chi connectivity index (χ3n) is 12.7. The zero-order valence-electron chi connectivity index (χ0n) is 32.5. The van der Waals surface area contributed by atoms with Gasteiger partial charge in [-0.25, -0.2) is 9.13 Å². The van der Waals surface area contributed by atoms with Gasteiger partial charge < -0.3 is 20.9 Å². The lowest BCUT2D eigenvalue weighted by atomic mass is 9.58. The van der Waals surface area contributed by atoms with Crippen LogP contribution < -0.4 is 15.6 Å². The molecule has 1 aromatic rings. The lowest BCUT2D eigenvalue weighted by Gasteiger charge is -2.55. The Kier molecular flexibility index (Phi) is 10.5. The maximum absolute atomic E-state index is 13.6. The van der Waals surface area contributed by atoms with E-state index in [4.69, 9.17) is 5.73 Å². The molecule has 4 rings (SSSR count). The van der Waals surface area contributed by atoms with Crippen molar-refractivity contribution in [2.45, 2.75) is 176 Å². The van der Waals surface area contributed by atoms with Gasteiger partial charge in [-0.3, -0.25) is 9.59 Å². The van der Waals surface area contributed by atoms with E-state index in [1.807, 2.05) is 0 Å². The fourth-order valence-corrected chi connectivity index (χ4v) is 9.20. The lowest BCUT2D eigenvalue weighted by molar-refractivity contribution is -0.671. The summed E-state index contributed by atoms with van der Waals surface area (Å²) >= 11 is 0. The van der Waals surface area contributed by atoms with Crippen molar-refractivity contribution in [1.82, 2.24) is 19.7 Å². The van der Waals surface area contributed by atoms with Crippen LogP contribution in [-0.2, 0) is 16.6 Å². The van der Waals surface area contributed by atoms with Gasteiger partial charge in [0.25, 0.3) is 0 Å². The van der Waals surface area contributed by atoms with Crippen molar-refractivity contribution in [3.8, 4) is 0 Å². The van der Waals surface area contributed by atoms with Crippen molar-refractivity contribution >= 4 is 11.8 Å². The Balaban J connectivity index is 1.66. The summed E-state index contributed by atoms with van der Waals surface area (Å²) in [5, 5.41) is 4.14. The molecule has 2 aliphatic heterocycles. The number of aryl methyl sites for hydroxylation is 1. The Morgan fingerprint density at radius 3 is 1.96 bits per heavy atom. The van der Waals surface area contributed by atoms with Crippen molar-refractivity contribution in [2.75, 3.05) is 13.1 Å². The summed E-state index contributed by atoms with van der Waals surface area (Å²) in [7, 11) is 2.08.